The first-order valence-corrected chi connectivity index (χ1v) is 7.88. The Morgan fingerprint density at radius 2 is 1.83 bits per heavy atom. The standard InChI is InChI=1S/C15H18N4O3S/c1-8-5-9(2)7-11(6-8)13-18-19-15(22-13)23-10(3)12(20)17-14(21)16-4/h5-7,10H,1-4H3,(H2,16,17,20,21)/t10-/m1/s1. The molecule has 7 nitrogen and oxygen atoms in total. The molecule has 2 aromatic rings. The van der Waals surface area contributed by atoms with E-state index < -0.39 is 17.2 Å². The third kappa shape index (κ3) is 4.56. The maximum atomic E-state index is 11.8. The molecule has 0 unspecified atom stereocenters. The van der Waals surface area contributed by atoms with Crippen LogP contribution in [-0.4, -0.2) is 34.4 Å². The van der Waals surface area contributed by atoms with E-state index in [9.17, 15) is 9.59 Å². The molecule has 0 saturated heterocycles. The average molecular weight is 334 g/mol. The minimum absolute atomic E-state index is 0.277. The predicted molar refractivity (Wildman–Crippen MR) is 87.1 cm³/mol. The molecule has 0 aliphatic heterocycles. The van der Waals surface area contributed by atoms with Crippen molar-refractivity contribution in [2.45, 2.75) is 31.2 Å². The van der Waals surface area contributed by atoms with Crippen LogP contribution >= 0.6 is 11.8 Å². The summed E-state index contributed by atoms with van der Waals surface area (Å²) < 4.78 is 5.59. The summed E-state index contributed by atoms with van der Waals surface area (Å²) >= 11 is 1.10. The van der Waals surface area contributed by atoms with Gasteiger partial charge in [0.25, 0.3) is 5.22 Å². The number of benzene rings is 1. The maximum absolute atomic E-state index is 11.8. The predicted octanol–water partition coefficient (Wildman–Crippen LogP) is 2.29. The van der Waals surface area contributed by atoms with Gasteiger partial charge in [-0.25, -0.2) is 4.79 Å². The highest BCUT2D eigenvalue weighted by Crippen LogP contribution is 2.27. The van der Waals surface area contributed by atoms with E-state index in [1.807, 2.05) is 26.0 Å². The molecule has 1 aromatic heterocycles. The van der Waals surface area contributed by atoms with Gasteiger partial charge in [0.1, 0.15) is 0 Å². The van der Waals surface area contributed by atoms with Crippen LogP contribution in [0.25, 0.3) is 11.5 Å². The molecule has 0 saturated carbocycles. The number of rotatable bonds is 4. The van der Waals surface area contributed by atoms with Gasteiger partial charge in [0.2, 0.25) is 11.8 Å². The highest BCUT2D eigenvalue weighted by atomic mass is 32.2. The molecule has 0 fully saturated rings. The Morgan fingerprint density at radius 3 is 2.43 bits per heavy atom. The van der Waals surface area contributed by atoms with E-state index in [2.05, 4.69) is 26.9 Å². The van der Waals surface area contributed by atoms with Crippen LogP contribution in [0.15, 0.2) is 27.8 Å². The Labute approximate surface area is 138 Å². The highest BCUT2D eigenvalue weighted by Gasteiger charge is 2.20. The first-order chi connectivity index (χ1) is 10.9. The molecular formula is C15H18N4O3S. The largest absolute Gasteiger partial charge is 0.411 e. The van der Waals surface area contributed by atoms with E-state index in [0.717, 1.165) is 28.5 Å². The van der Waals surface area contributed by atoms with Crippen LogP contribution in [0.4, 0.5) is 4.79 Å². The molecule has 8 heteroatoms. The Balaban J connectivity index is 2.07. The molecule has 2 rings (SSSR count). The lowest BCUT2D eigenvalue weighted by Gasteiger charge is -2.07. The zero-order valence-electron chi connectivity index (χ0n) is 13.3. The number of carbonyl (C=O) groups excluding carboxylic acids is 2. The highest BCUT2D eigenvalue weighted by molar-refractivity contribution is 8.00. The minimum Gasteiger partial charge on any atom is -0.411 e. The number of amides is 3. The zero-order chi connectivity index (χ0) is 17.0. The second-order valence-corrected chi connectivity index (χ2v) is 6.37. The van der Waals surface area contributed by atoms with Gasteiger partial charge in [-0.05, 0) is 32.9 Å². The van der Waals surface area contributed by atoms with E-state index in [1.165, 1.54) is 7.05 Å². The quantitative estimate of drug-likeness (QED) is 0.833. The van der Waals surface area contributed by atoms with Crippen molar-refractivity contribution in [3.8, 4) is 11.5 Å². The van der Waals surface area contributed by atoms with Crippen LogP contribution in [0, 0.1) is 13.8 Å². The van der Waals surface area contributed by atoms with Crippen LogP contribution in [0.3, 0.4) is 0 Å². The van der Waals surface area contributed by atoms with E-state index in [4.69, 9.17) is 4.42 Å². The van der Waals surface area contributed by atoms with E-state index in [-0.39, 0.29) is 5.22 Å². The molecule has 23 heavy (non-hydrogen) atoms. The normalized spacial score (nSPS) is 11.8. The summed E-state index contributed by atoms with van der Waals surface area (Å²) in [7, 11) is 1.44. The lowest BCUT2D eigenvalue weighted by atomic mass is 10.1. The lowest BCUT2D eigenvalue weighted by Crippen LogP contribution is -2.41. The molecular weight excluding hydrogens is 316 g/mol. The van der Waals surface area contributed by atoms with Gasteiger partial charge in [-0.2, -0.15) is 0 Å². The molecule has 1 aromatic carbocycles. The topological polar surface area (TPSA) is 97.1 Å². The van der Waals surface area contributed by atoms with Crippen molar-refractivity contribution >= 4 is 23.7 Å². The van der Waals surface area contributed by atoms with E-state index in [1.54, 1.807) is 6.92 Å². The number of thioether (sulfide) groups is 1. The SMILES string of the molecule is CNC(=O)NC(=O)[C@@H](C)Sc1nnc(-c2cc(C)cc(C)c2)o1. The van der Waals surface area contributed by atoms with Gasteiger partial charge in [0.05, 0.1) is 5.25 Å². The third-order valence-electron chi connectivity index (χ3n) is 2.99. The van der Waals surface area contributed by atoms with Gasteiger partial charge in [-0.1, -0.05) is 29.0 Å². The molecule has 1 atom stereocenters. The van der Waals surface area contributed by atoms with Crippen LogP contribution in [0.5, 0.6) is 0 Å². The Bertz CT molecular complexity index is 709. The number of aryl methyl sites for hydroxylation is 2. The van der Waals surface area contributed by atoms with Gasteiger partial charge in [0, 0.05) is 12.6 Å². The van der Waals surface area contributed by atoms with Crippen molar-refractivity contribution in [3.05, 3.63) is 29.3 Å². The minimum atomic E-state index is -0.552. The lowest BCUT2D eigenvalue weighted by molar-refractivity contribution is -0.119. The third-order valence-corrected chi connectivity index (χ3v) is 3.92. The number of imide groups is 1. The Kier molecular flexibility index (Phi) is 5.38. The fourth-order valence-electron chi connectivity index (χ4n) is 1.95. The summed E-state index contributed by atoms with van der Waals surface area (Å²) in [4.78, 5) is 22.9. The van der Waals surface area contributed by atoms with Crippen LogP contribution in [0.2, 0.25) is 0 Å². The number of hydrogen-bond donors (Lipinski definition) is 2. The molecule has 2 N–H and O–H groups in total. The second-order valence-electron chi connectivity index (χ2n) is 5.08. The zero-order valence-corrected chi connectivity index (χ0v) is 14.2. The number of aromatic nitrogens is 2. The molecule has 0 aliphatic rings. The van der Waals surface area contributed by atoms with Gasteiger partial charge < -0.3 is 9.73 Å². The second kappa shape index (κ2) is 7.28. The number of nitrogens with one attached hydrogen (secondary N) is 2. The molecule has 0 radical (unpaired) electrons. The van der Waals surface area contributed by atoms with Crippen LogP contribution in [0.1, 0.15) is 18.1 Å². The molecule has 0 spiro atoms. The first kappa shape index (κ1) is 17.0. The summed E-state index contributed by atoms with van der Waals surface area (Å²) in [5.41, 5.74) is 3.04. The monoisotopic (exact) mass is 334 g/mol. The van der Waals surface area contributed by atoms with Gasteiger partial charge >= 0.3 is 6.03 Å². The number of nitrogens with zero attached hydrogens (tertiary/aromatic N) is 2. The van der Waals surface area contributed by atoms with E-state index in [0.29, 0.717) is 5.89 Å². The summed E-state index contributed by atoms with van der Waals surface area (Å²) in [6.45, 7) is 5.64. The number of hydrogen-bond acceptors (Lipinski definition) is 6. The average Bonchev–Trinajstić information content (AvgIpc) is 2.94. The summed E-state index contributed by atoms with van der Waals surface area (Å²) in [5.74, 6) is -0.0290. The van der Waals surface area contributed by atoms with Gasteiger partial charge in [-0.3, -0.25) is 10.1 Å². The fraction of sp³-hybridized carbons (Fsp3) is 0.333. The number of urea groups is 1. The van der Waals surface area contributed by atoms with E-state index >= 15 is 0 Å². The summed E-state index contributed by atoms with van der Waals surface area (Å²) in [6, 6.07) is 5.41. The van der Waals surface area contributed by atoms with Crippen molar-refractivity contribution in [1.82, 2.24) is 20.8 Å². The molecule has 1 heterocycles. The fourth-order valence-corrected chi connectivity index (χ4v) is 2.64. The van der Waals surface area contributed by atoms with Crippen molar-refractivity contribution < 1.29 is 14.0 Å². The van der Waals surface area contributed by atoms with Crippen LogP contribution < -0.4 is 10.6 Å². The summed E-state index contributed by atoms with van der Waals surface area (Å²) in [6.07, 6.45) is 0. The molecule has 0 aliphatic carbocycles. The smallest absolute Gasteiger partial charge is 0.321 e. The molecule has 122 valence electrons. The first-order valence-electron chi connectivity index (χ1n) is 7.00. The van der Waals surface area contributed by atoms with Crippen molar-refractivity contribution in [1.29, 1.82) is 0 Å². The Morgan fingerprint density at radius 1 is 1.17 bits per heavy atom. The maximum Gasteiger partial charge on any atom is 0.321 e. The van der Waals surface area contributed by atoms with Crippen LogP contribution in [-0.2, 0) is 4.79 Å². The Hall–Kier alpha value is -2.35. The van der Waals surface area contributed by atoms with Crippen molar-refractivity contribution in [3.63, 3.8) is 0 Å². The van der Waals surface area contributed by atoms with Crippen molar-refractivity contribution in [2.75, 3.05) is 7.05 Å². The van der Waals surface area contributed by atoms with Gasteiger partial charge in [0.15, 0.2) is 0 Å². The molecule has 3 amide bonds. The van der Waals surface area contributed by atoms with Gasteiger partial charge in [-0.15, -0.1) is 10.2 Å². The van der Waals surface area contributed by atoms with Crippen molar-refractivity contribution in [2.24, 2.45) is 0 Å². The summed E-state index contributed by atoms with van der Waals surface area (Å²) in [5, 5.41) is 12.2. The molecule has 0 bridgehead atoms. The number of carbonyl (C=O) groups is 2.